The summed E-state index contributed by atoms with van der Waals surface area (Å²) in [5, 5.41) is 12.0. The zero-order chi connectivity index (χ0) is 43.1. The molecule has 0 bridgehead atoms. The molecular formula is C52H94N2O5. The van der Waals surface area contributed by atoms with Crippen LogP contribution in [0, 0.1) is 0 Å². The fourth-order valence-electron chi connectivity index (χ4n) is 7.44. The minimum absolute atomic E-state index is 0.0252. The maximum Gasteiger partial charge on any atom is 0.326 e. The number of esters is 1. The van der Waals surface area contributed by atoms with E-state index in [2.05, 4.69) is 67.8 Å². The van der Waals surface area contributed by atoms with Crippen LogP contribution in [0.15, 0.2) is 48.6 Å². The first-order chi connectivity index (χ1) is 28.9. The van der Waals surface area contributed by atoms with Gasteiger partial charge in [-0.1, -0.05) is 191 Å². The molecule has 0 aliphatic carbocycles. The zero-order valence-electron chi connectivity index (χ0n) is 38.6. The van der Waals surface area contributed by atoms with Gasteiger partial charge in [-0.25, -0.2) is 4.79 Å². The minimum Gasteiger partial charge on any atom is -0.480 e. The van der Waals surface area contributed by atoms with Gasteiger partial charge in [0.25, 0.3) is 0 Å². The van der Waals surface area contributed by atoms with Crippen LogP contribution in [-0.4, -0.2) is 41.6 Å². The molecule has 0 rings (SSSR count). The SMILES string of the molecule is CC/C=C\C/C=C\C/C=C\C/C=C\CCCCC(CCCCCCCC(=O)NC(CCCN)C(=O)O)OC(=O)CCCCCCCCCCCCCCCCCCCC. The Balaban J connectivity index is 4.35. The lowest BCUT2D eigenvalue weighted by atomic mass is 10.0. The maximum absolute atomic E-state index is 12.9. The average Bonchev–Trinajstić information content (AvgIpc) is 3.22. The van der Waals surface area contributed by atoms with Crippen LogP contribution in [0.4, 0.5) is 0 Å². The highest BCUT2D eigenvalue weighted by molar-refractivity contribution is 5.83. The Kier molecular flexibility index (Phi) is 44.3. The first kappa shape index (κ1) is 56.3. The number of rotatable bonds is 45. The van der Waals surface area contributed by atoms with Crippen LogP contribution in [0.2, 0.25) is 0 Å². The maximum atomic E-state index is 12.9. The number of allylic oxidation sites excluding steroid dienone is 8. The summed E-state index contributed by atoms with van der Waals surface area (Å²) in [6.45, 7) is 4.85. The second-order valence-corrected chi connectivity index (χ2v) is 16.9. The van der Waals surface area contributed by atoms with E-state index >= 15 is 0 Å². The molecule has 0 radical (unpaired) electrons. The van der Waals surface area contributed by atoms with Gasteiger partial charge in [-0.3, -0.25) is 9.59 Å². The summed E-state index contributed by atoms with van der Waals surface area (Å²) in [4.78, 5) is 36.5. The molecule has 1 amide bonds. The number of hydrogen-bond donors (Lipinski definition) is 3. The van der Waals surface area contributed by atoms with E-state index < -0.39 is 12.0 Å². The summed E-state index contributed by atoms with van der Waals surface area (Å²) in [6, 6.07) is -0.863. The number of carbonyl (C=O) groups excluding carboxylic acids is 2. The molecule has 0 aromatic heterocycles. The summed E-state index contributed by atoms with van der Waals surface area (Å²) >= 11 is 0. The van der Waals surface area contributed by atoms with Gasteiger partial charge in [0.2, 0.25) is 5.91 Å². The normalized spacial score (nSPS) is 13.0. The summed E-state index contributed by atoms with van der Waals surface area (Å²) in [7, 11) is 0. The number of carboxylic acids is 1. The van der Waals surface area contributed by atoms with Crippen molar-refractivity contribution in [2.45, 2.75) is 257 Å². The number of amides is 1. The number of aliphatic carboxylic acids is 1. The Morgan fingerprint density at radius 1 is 0.508 bits per heavy atom. The molecule has 4 N–H and O–H groups in total. The molecule has 7 heteroatoms. The van der Waals surface area contributed by atoms with E-state index in [1.54, 1.807) is 0 Å². The van der Waals surface area contributed by atoms with Crippen LogP contribution in [0.5, 0.6) is 0 Å². The van der Waals surface area contributed by atoms with Gasteiger partial charge in [-0.05, 0) is 96.4 Å². The second-order valence-electron chi connectivity index (χ2n) is 16.9. The van der Waals surface area contributed by atoms with Gasteiger partial charge in [-0.15, -0.1) is 0 Å². The van der Waals surface area contributed by atoms with Crippen molar-refractivity contribution >= 4 is 17.8 Å². The number of hydrogen-bond acceptors (Lipinski definition) is 5. The summed E-state index contributed by atoms with van der Waals surface area (Å²) in [6.07, 6.45) is 57.4. The van der Waals surface area contributed by atoms with Crippen LogP contribution < -0.4 is 11.1 Å². The Labute approximate surface area is 364 Å². The van der Waals surface area contributed by atoms with Crippen molar-refractivity contribution < 1.29 is 24.2 Å². The highest BCUT2D eigenvalue weighted by Gasteiger charge is 2.19. The van der Waals surface area contributed by atoms with Crippen LogP contribution in [0.25, 0.3) is 0 Å². The molecule has 0 aromatic rings. The molecule has 0 fully saturated rings. The molecule has 0 spiro atoms. The number of carboxylic acid groups (broad SMARTS) is 1. The first-order valence-corrected chi connectivity index (χ1v) is 25.0. The van der Waals surface area contributed by atoms with E-state index in [4.69, 9.17) is 10.5 Å². The highest BCUT2D eigenvalue weighted by Crippen LogP contribution is 2.19. The molecule has 0 aromatic carbocycles. The van der Waals surface area contributed by atoms with Crippen molar-refractivity contribution in [3.63, 3.8) is 0 Å². The number of nitrogens with two attached hydrogens (primary N) is 1. The van der Waals surface area contributed by atoms with Crippen LogP contribution in [-0.2, 0) is 19.1 Å². The third-order valence-corrected chi connectivity index (χ3v) is 11.2. The van der Waals surface area contributed by atoms with E-state index in [1.165, 1.54) is 103 Å². The smallest absolute Gasteiger partial charge is 0.326 e. The van der Waals surface area contributed by atoms with Crippen molar-refractivity contribution in [3.8, 4) is 0 Å². The van der Waals surface area contributed by atoms with Crippen molar-refractivity contribution in [2.24, 2.45) is 5.73 Å². The fourth-order valence-corrected chi connectivity index (χ4v) is 7.44. The van der Waals surface area contributed by atoms with Gasteiger partial charge in [0.15, 0.2) is 0 Å². The molecule has 59 heavy (non-hydrogen) atoms. The molecule has 2 unspecified atom stereocenters. The molecular weight excluding hydrogens is 733 g/mol. The summed E-state index contributed by atoms with van der Waals surface area (Å²) in [5.41, 5.74) is 5.50. The Morgan fingerprint density at radius 3 is 1.41 bits per heavy atom. The number of unbranched alkanes of at least 4 members (excludes halogenated alkanes) is 23. The van der Waals surface area contributed by atoms with Crippen molar-refractivity contribution in [1.29, 1.82) is 0 Å². The largest absolute Gasteiger partial charge is 0.480 e. The summed E-state index contributed by atoms with van der Waals surface area (Å²) < 4.78 is 6.06. The topological polar surface area (TPSA) is 119 Å². The van der Waals surface area contributed by atoms with Gasteiger partial charge in [0.05, 0.1) is 0 Å². The van der Waals surface area contributed by atoms with Gasteiger partial charge in [0, 0.05) is 12.8 Å². The molecule has 0 saturated heterocycles. The van der Waals surface area contributed by atoms with Crippen LogP contribution in [0.3, 0.4) is 0 Å². The van der Waals surface area contributed by atoms with Crippen molar-refractivity contribution in [1.82, 2.24) is 5.32 Å². The van der Waals surface area contributed by atoms with Gasteiger partial charge in [0.1, 0.15) is 12.1 Å². The van der Waals surface area contributed by atoms with Gasteiger partial charge < -0.3 is 20.9 Å². The Bertz CT molecular complexity index is 1070. The van der Waals surface area contributed by atoms with Crippen molar-refractivity contribution in [3.05, 3.63) is 48.6 Å². The lowest BCUT2D eigenvalue weighted by Crippen LogP contribution is -2.40. The molecule has 7 nitrogen and oxygen atoms in total. The molecule has 0 heterocycles. The van der Waals surface area contributed by atoms with E-state index in [0.29, 0.717) is 32.2 Å². The van der Waals surface area contributed by atoms with E-state index in [0.717, 1.165) is 103 Å². The minimum atomic E-state index is -1.01. The predicted molar refractivity (Wildman–Crippen MR) is 253 cm³/mol. The highest BCUT2D eigenvalue weighted by atomic mass is 16.5. The predicted octanol–water partition coefficient (Wildman–Crippen LogP) is 14.7. The van der Waals surface area contributed by atoms with Crippen molar-refractivity contribution in [2.75, 3.05) is 6.54 Å². The number of ether oxygens (including phenoxy) is 1. The number of nitrogens with one attached hydrogen (secondary N) is 1. The lowest BCUT2D eigenvalue weighted by Gasteiger charge is -2.18. The standard InChI is InChI=1S/C52H94N2O5/c1-3-5-7-9-11-13-15-17-19-20-21-23-25-27-29-31-36-40-46-51(56)59-48(42-37-33-30-28-26-24-22-18-16-14-12-10-8-6-4-2)43-38-34-32-35-39-45-50(55)54-49(52(57)58)44-41-47-53/h6,8,12,14,18,22,26,28,48-49H,3-5,7,9-11,13,15-17,19-21,23-25,27,29-47,53H2,1-2H3,(H,54,55)(H,57,58)/b8-6-,14-12-,22-18-,28-26-. The van der Waals surface area contributed by atoms with E-state index in [9.17, 15) is 19.5 Å². The lowest BCUT2D eigenvalue weighted by molar-refractivity contribution is -0.150. The molecule has 0 saturated carbocycles. The summed E-state index contributed by atoms with van der Waals surface area (Å²) in [5.74, 6) is -1.25. The average molecular weight is 827 g/mol. The zero-order valence-corrected chi connectivity index (χ0v) is 38.6. The Morgan fingerprint density at radius 2 is 0.932 bits per heavy atom. The van der Waals surface area contributed by atoms with E-state index in [-0.39, 0.29) is 18.0 Å². The van der Waals surface area contributed by atoms with Crippen LogP contribution >= 0.6 is 0 Å². The first-order valence-electron chi connectivity index (χ1n) is 25.0. The molecule has 2 atom stereocenters. The van der Waals surface area contributed by atoms with Crippen LogP contribution in [0.1, 0.15) is 245 Å². The fraction of sp³-hybridized carbons (Fsp3) is 0.788. The quantitative estimate of drug-likeness (QED) is 0.0320. The van der Waals surface area contributed by atoms with E-state index in [1.807, 2.05) is 0 Å². The second kappa shape index (κ2) is 46.4. The third kappa shape index (κ3) is 43.2. The Hall–Kier alpha value is -2.67. The molecule has 342 valence electrons. The molecule has 0 aliphatic rings. The molecule has 0 aliphatic heterocycles. The number of carbonyl (C=O) groups is 3. The van der Waals surface area contributed by atoms with Gasteiger partial charge >= 0.3 is 11.9 Å². The monoisotopic (exact) mass is 827 g/mol. The van der Waals surface area contributed by atoms with Gasteiger partial charge in [-0.2, -0.15) is 0 Å². The third-order valence-electron chi connectivity index (χ3n) is 11.2.